The smallest absolute Gasteiger partial charge is 0.252 e. The molecule has 2 rings (SSSR count). The zero-order valence-corrected chi connectivity index (χ0v) is 13.3. The highest BCUT2D eigenvalue weighted by atomic mass is 32.2. The summed E-state index contributed by atoms with van der Waals surface area (Å²) in [5.41, 5.74) is 0.284. The van der Waals surface area contributed by atoms with Gasteiger partial charge in [0.2, 0.25) is 5.75 Å². The Balaban J connectivity index is 2.25. The van der Waals surface area contributed by atoms with Gasteiger partial charge in [-0.15, -0.1) is 0 Å². The number of carbonyl (C=O) groups excluding carboxylic acids is 1. The third kappa shape index (κ3) is 3.33. The summed E-state index contributed by atoms with van der Waals surface area (Å²) in [7, 11) is 1.14. The predicted octanol–water partition coefficient (Wildman–Crippen LogP) is 0.753. The van der Waals surface area contributed by atoms with Crippen molar-refractivity contribution in [2.75, 3.05) is 27.1 Å². The van der Waals surface area contributed by atoms with E-state index in [1.807, 2.05) is 0 Å². The lowest BCUT2D eigenvalue weighted by molar-refractivity contribution is 0.0947. The van der Waals surface area contributed by atoms with Crippen LogP contribution >= 0.6 is 0 Å². The molecule has 0 spiro atoms. The van der Waals surface area contributed by atoms with E-state index in [9.17, 15) is 13.2 Å². The van der Waals surface area contributed by atoms with Crippen LogP contribution in [0.4, 0.5) is 0 Å². The van der Waals surface area contributed by atoms with E-state index in [4.69, 9.17) is 14.2 Å². The third-order valence-corrected chi connectivity index (χ3v) is 4.57. The summed E-state index contributed by atoms with van der Waals surface area (Å²) in [6.07, 6.45) is 1.45. The van der Waals surface area contributed by atoms with Crippen molar-refractivity contribution in [3.63, 3.8) is 0 Å². The van der Waals surface area contributed by atoms with Gasteiger partial charge in [-0.3, -0.25) is 4.79 Å². The molecule has 0 aromatic heterocycles. The van der Waals surface area contributed by atoms with Gasteiger partial charge in [-0.1, -0.05) is 0 Å². The second kappa shape index (κ2) is 6.27. The molecule has 0 bridgehead atoms. The number of amides is 1. The van der Waals surface area contributed by atoms with Crippen molar-refractivity contribution < 1.29 is 27.4 Å². The summed E-state index contributed by atoms with van der Waals surface area (Å²) in [5.74, 6) is 0.516. The first kappa shape index (κ1) is 16.2. The average Bonchev–Trinajstić information content (AvgIpc) is 2.84. The molecule has 1 aromatic rings. The maximum atomic E-state index is 12.3. The fourth-order valence-corrected chi connectivity index (χ4v) is 3.36. The Hall–Kier alpha value is -2.22. The molecular weight excluding hydrogens is 310 g/mol. The minimum absolute atomic E-state index is 0.136. The molecule has 1 aliphatic rings. The molecule has 1 amide bonds. The maximum Gasteiger partial charge on any atom is 0.252 e. The minimum Gasteiger partial charge on any atom is -0.493 e. The molecule has 1 unspecified atom stereocenters. The summed E-state index contributed by atoms with van der Waals surface area (Å²) in [5, 5.41) is 3.74. The predicted molar refractivity (Wildman–Crippen MR) is 80.3 cm³/mol. The minimum atomic E-state index is -3.22. The highest BCUT2D eigenvalue weighted by molar-refractivity contribution is 7.94. The highest BCUT2D eigenvalue weighted by Gasteiger charge is 2.24. The number of ether oxygens (including phenoxy) is 3. The molecule has 120 valence electrons. The van der Waals surface area contributed by atoms with E-state index in [1.54, 1.807) is 0 Å². The van der Waals surface area contributed by atoms with Crippen LogP contribution in [-0.2, 0) is 9.84 Å². The van der Waals surface area contributed by atoms with E-state index in [1.165, 1.54) is 39.5 Å². The number of rotatable bonds is 5. The molecule has 1 N–H and O–H groups in total. The van der Waals surface area contributed by atoms with Gasteiger partial charge >= 0.3 is 0 Å². The standard InChI is InChI=1S/C14H17NO6S/c1-19-11-6-9(7-12(20-2)13(11)21-3)14(16)15-10-4-5-22(17,18)8-10/h4-7,10H,8H2,1-3H3,(H,15,16). The average molecular weight is 327 g/mol. The van der Waals surface area contributed by atoms with Gasteiger partial charge in [0.1, 0.15) is 0 Å². The zero-order valence-electron chi connectivity index (χ0n) is 12.5. The summed E-state index contributed by atoms with van der Waals surface area (Å²) in [6, 6.07) is 2.46. The fraction of sp³-hybridized carbons (Fsp3) is 0.357. The molecule has 1 atom stereocenters. The summed E-state index contributed by atoms with van der Waals surface area (Å²) < 4.78 is 38.2. The third-order valence-electron chi connectivity index (χ3n) is 3.17. The lowest BCUT2D eigenvalue weighted by Gasteiger charge is -2.15. The van der Waals surface area contributed by atoms with Gasteiger partial charge in [-0.05, 0) is 18.2 Å². The summed E-state index contributed by atoms with van der Waals surface area (Å²) in [6.45, 7) is 0. The number of methoxy groups -OCH3 is 3. The van der Waals surface area contributed by atoms with Crippen molar-refractivity contribution in [1.82, 2.24) is 5.32 Å². The number of benzene rings is 1. The van der Waals surface area contributed by atoms with Crippen molar-refractivity contribution in [2.45, 2.75) is 6.04 Å². The SMILES string of the molecule is COc1cc(C(=O)NC2C=CS(=O)(=O)C2)cc(OC)c1OC. The lowest BCUT2D eigenvalue weighted by Crippen LogP contribution is -2.35. The number of hydrogen-bond donors (Lipinski definition) is 1. The first-order valence-corrected chi connectivity index (χ1v) is 8.13. The summed E-state index contributed by atoms with van der Waals surface area (Å²) >= 11 is 0. The largest absolute Gasteiger partial charge is 0.493 e. The first-order chi connectivity index (χ1) is 10.4. The molecule has 0 saturated heterocycles. The molecule has 1 aliphatic heterocycles. The van der Waals surface area contributed by atoms with E-state index >= 15 is 0 Å². The normalized spacial score (nSPS) is 18.8. The molecule has 0 saturated carbocycles. The van der Waals surface area contributed by atoms with E-state index in [0.717, 1.165) is 5.41 Å². The van der Waals surface area contributed by atoms with E-state index in [0.29, 0.717) is 17.2 Å². The van der Waals surface area contributed by atoms with Crippen LogP contribution in [0.25, 0.3) is 0 Å². The van der Waals surface area contributed by atoms with Gasteiger partial charge < -0.3 is 19.5 Å². The van der Waals surface area contributed by atoms with Crippen LogP contribution in [-0.4, -0.2) is 47.4 Å². The van der Waals surface area contributed by atoms with Crippen LogP contribution < -0.4 is 19.5 Å². The molecular formula is C14H17NO6S. The monoisotopic (exact) mass is 327 g/mol. The first-order valence-electron chi connectivity index (χ1n) is 6.42. The Bertz CT molecular complexity index is 685. The quantitative estimate of drug-likeness (QED) is 0.858. The van der Waals surface area contributed by atoms with Crippen LogP contribution in [0.3, 0.4) is 0 Å². The lowest BCUT2D eigenvalue weighted by atomic mass is 10.1. The molecule has 1 heterocycles. The topological polar surface area (TPSA) is 90.9 Å². The van der Waals surface area contributed by atoms with Crippen molar-refractivity contribution in [3.05, 3.63) is 29.2 Å². The second-order valence-corrected chi connectivity index (χ2v) is 6.58. The van der Waals surface area contributed by atoms with E-state index in [2.05, 4.69) is 5.32 Å². The Labute approximate surface area is 128 Å². The van der Waals surface area contributed by atoms with Gasteiger partial charge in [0.25, 0.3) is 5.91 Å². The van der Waals surface area contributed by atoms with Crippen molar-refractivity contribution in [1.29, 1.82) is 0 Å². The highest BCUT2D eigenvalue weighted by Crippen LogP contribution is 2.38. The zero-order chi connectivity index (χ0) is 16.3. The number of hydrogen-bond acceptors (Lipinski definition) is 6. The number of sulfone groups is 1. The number of nitrogens with one attached hydrogen (secondary N) is 1. The summed E-state index contributed by atoms with van der Waals surface area (Å²) in [4.78, 5) is 12.3. The fourth-order valence-electron chi connectivity index (χ4n) is 2.13. The van der Waals surface area contributed by atoms with Crippen molar-refractivity contribution in [2.24, 2.45) is 0 Å². The second-order valence-electron chi connectivity index (χ2n) is 4.65. The van der Waals surface area contributed by atoms with E-state index < -0.39 is 21.8 Å². The van der Waals surface area contributed by atoms with Crippen LogP contribution in [0.5, 0.6) is 17.2 Å². The van der Waals surface area contributed by atoms with Gasteiger partial charge in [0, 0.05) is 11.0 Å². The van der Waals surface area contributed by atoms with Crippen LogP contribution in [0, 0.1) is 0 Å². The number of carbonyl (C=O) groups is 1. The van der Waals surface area contributed by atoms with Gasteiger partial charge in [-0.2, -0.15) is 0 Å². The Morgan fingerprint density at radius 2 is 1.73 bits per heavy atom. The molecule has 8 heteroatoms. The van der Waals surface area contributed by atoms with Crippen LogP contribution in [0.15, 0.2) is 23.6 Å². The molecule has 0 fully saturated rings. The van der Waals surface area contributed by atoms with Gasteiger partial charge in [-0.25, -0.2) is 8.42 Å². The van der Waals surface area contributed by atoms with Crippen LogP contribution in [0.2, 0.25) is 0 Å². The Morgan fingerprint density at radius 3 is 2.14 bits per heavy atom. The molecule has 0 aliphatic carbocycles. The van der Waals surface area contributed by atoms with Crippen molar-refractivity contribution in [3.8, 4) is 17.2 Å². The Morgan fingerprint density at radius 1 is 1.14 bits per heavy atom. The van der Waals surface area contributed by atoms with Crippen molar-refractivity contribution >= 4 is 15.7 Å². The Kier molecular flexibility index (Phi) is 4.60. The molecule has 7 nitrogen and oxygen atoms in total. The maximum absolute atomic E-state index is 12.3. The van der Waals surface area contributed by atoms with Crippen LogP contribution in [0.1, 0.15) is 10.4 Å². The molecule has 0 radical (unpaired) electrons. The van der Waals surface area contributed by atoms with Gasteiger partial charge in [0.05, 0.1) is 33.1 Å². The van der Waals surface area contributed by atoms with E-state index in [-0.39, 0.29) is 11.3 Å². The van der Waals surface area contributed by atoms with Gasteiger partial charge in [0.15, 0.2) is 21.3 Å². The molecule has 22 heavy (non-hydrogen) atoms. The molecule has 1 aromatic carbocycles.